The van der Waals surface area contributed by atoms with Gasteiger partial charge in [0.25, 0.3) is 0 Å². The Hall–Kier alpha value is -6.06. The fourth-order valence-corrected chi connectivity index (χ4v) is 8.17. The summed E-state index contributed by atoms with van der Waals surface area (Å²) in [6, 6.07) is 55.5. The Labute approximate surface area is 257 Å². The quantitative estimate of drug-likeness (QED) is 0.196. The number of aromatic nitrogens is 3. The van der Waals surface area contributed by atoms with Crippen LogP contribution in [0.2, 0.25) is 0 Å². The van der Waals surface area contributed by atoms with Crippen LogP contribution in [0.5, 0.6) is 0 Å². The van der Waals surface area contributed by atoms with E-state index in [1.54, 1.807) is 0 Å². The Morgan fingerprint density at radius 2 is 0.778 bits per heavy atom. The molecule has 3 nitrogen and oxygen atoms in total. The number of hydrogen-bond acceptors (Lipinski definition) is 0. The summed E-state index contributed by atoms with van der Waals surface area (Å²) in [6.45, 7) is 0. The molecule has 0 amide bonds. The van der Waals surface area contributed by atoms with Crippen molar-refractivity contribution in [3.63, 3.8) is 0 Å². The van der Waals surface area contributed by atoms with Crippen molar-refractivity contribution in [2.75, 3.05) is 0 Å². The Bertz CT molecular complexity index is 2960. The van der Waals surface area contributed by atoms with Gasteiger partial charge in [-0.2, -0.15) is 0 Å². The van der Waals surface area contributed by atoms with Gasteiger partial charge in [-0.05, 0) is 60.7 Å². The fraction of sp³-hybridized carbons (Fsp3) is 0. The molecule has 0 aliphatic heterocycles. The SMILES string of the molecule is c1ccc(-n2c3ccccc3c3cc4c5c6c(cc7c8ccccc8n(c4cc32)c75)c2ccccc2n6-c2ccccc2)cc1. The average molecular weight is 572 g/mol. The first kappa shape index (κ1) is 23.4. The van der Waals surface area contributed by atoms with Gasteiger partial charge in [0, 0.05) is 54.5 Å². The zero-order valence-electron chi connectivity index (χ0n) is 24.3. The summed E-state index contributed by atoms with van der Waals surface area (Å²) < 4.78 is 7.43. The number of benzene rings is 7. The smallest absolute Gasteiger partial charge is 0.0642 e. The zero-order valence-corrected chi connectivity index (χ0v) is 24.3. The van der Waals surface area contributed by atoms with Crippen molar-refractivity contribution in [2.45, 2.75) is 0 Å². The number of para-hydroxylation sites is 5. The van der Waals surface area contributed by atoms with Crippen LogP contribution in [-0.4, -0.2) is 13.5 Å². The molecule has 11 rings (SSSR count). The molecule has 4 heterocycles. The topological polar surface area (TPSA) is 14.3 Å². The third kappa shape index (κ3) is 2.86. The van der Waals surface area contributed by atoms with Gasteiger partial charge in [0.05, 0.1) is 38.6 Å². The molecule has 45 heavy (non-hydrogen) atoms. The summed E-state index contributed by atoms with van der Waals surface area (Å²) in [4.78, 5) is 0. The van der Waals surface area contributed by atoms with E-state index >= 15 is 0 Å². The molecule has 0 unspecified atom stereocenters. The Morgan fingerprint density at radius 3 is 1.47 bits per heavy atom. The summed E-state index contributed by atoms with van der Waals surface area (Å²) >= 11 is 0. The summed E-state index contributed by atoms with van der Waals surface area (Å²) in [6.07, 6.45) is 0. The second-order valence-electron chi connectivity index (χ2n) is 12.2. The van der Waals surface area contributed by atoms with Gasteiger partial charge in [-0.25, -0.2) is 0 Å². The normalized spacial score (nSPS) is 12.4. The Balaban J connectivity index is 1.45. The molecule has 0 saturated carbocycles. The van der Waals surface area contributed by atoms with Crippen LogP contribution in [-0.2, 0) is 0 Å². The molecule has 7 aromatic carbocycles. The lowest BCUT2D eigenvalue weighted by atomic mass is 10.0. The third-order valence-electron chi connectivity index (χ3n) is 9.92. The van der Waals surface area contributed by atoms with E-state index in [1.165, 1.54) is 93.1 Å². The molecule has 0 bridgehead atoms. The number of fused-ring (bicyclic) bond motifs is 13. The van der Waals surface area contributed by atoms with Crippen molar-refractivity contribution in [3.05, 3.63) is 152 Å². The average Bonchev–Trinajstić information content (AvgIpc) is 3.81. The van der Waals surface area contributed by atoms with E-state index in [1.807, 2.05) is 0 Å². The monoisotopic (exact) mass is 571 g/mol. The first-order valence-corrected chi connectivity index (χ1v) is 15.5. The lowest BCUT2D eigenvalue weighted by Crippen LogP contribution is -1.93. The summed E-state index contributed by atoms with van der Waals surface area (Å²) in [5.41, 5.74) is 11.1. The molecule has 4 aromatic heterocycles. The molecule has 0 saturated heterocycles. The minimum Gasteiger partial charge on any atom is -0.309 e. The van der Waals surface area contributed by atoms with Crippen molar-refractivity contribution in [2.24, 2.45) is 0 Å². The van der Waals surface area contributed by atoms with E-state index in [9.17, 15) is 0 Å². The molecular weight excluding hydrogens is 546 g/mol. The van der Waals surface area contributed by atoms with Crippen LogP contribution in [0.3, 0.4) is 0 Å². The van der Waals surface area contributed by atoms with Crippen LogP contribution >= 0.6 is 0 Å². The molecule has 0 N–H and O–H groups in total. The lowest BCUT2D eigenvalue weighted by Gasteiger charge is -2.09. The first-order valence-electron chi connectivity index (χ1n) is 15.5. The van der Waals surface area contributed by atoms with Crippen molar-refractivity contribution in [1.29, 1.82) is 0 Å². The maximum Gasteiger partial charge on any atom is 0.0642 e. The predicted octanol–water partition coefficient (Wildman–Crippen LogP) is 11.0. The highest BCUT2D eigenvalue weighted by Gasteiger charge is 2.25. The summed E-state index contributed by atoms with van der Waals surface area (Å²) in [5, 5.41) is 10.3. The summed E-state index contributed by atoms with van der Waals surface area (Å²) in [5.74, 6) is 0. The minimum absolute atomic E-state index is 1.17. The van der Waals surface area contributed by atoms with Crippen molar-refractivity contribution < 1.29 is 0 Å². The van der Waals surface area contributed by atoms with Gasteiger partial charge in [0.1, 0.15) is 0 Å². The van der Waals surface area contributed by atoms with E-state index in [-0.39, 0.29) is 0 Å². The molecule has 208 valence electrons. The highest BCUT2D eigenvalue weighted by atomic mass is 15.0. The first-order chi connectivity index (χ1) is 22.4. The lowest BCUT2D eigenvalue weighted by molar-refractivity contribution is 1.18. The number of hydrogen-bond donors (Lipinski definition) is 0. The van der Waals surface area contributed by atoms with Crippen LogP contribution in [0.1, 0.15) is 0 Å². The van der Waals surface area contributed by atoms with Gasteiger partial charge in [-0.3, -0.25) is 0 Å². The van der Waals surface area contributed by atoms with Gasteiger partial charge in [-0.15, -0.1) is 0 Å². The zero-order chi connectivity index (χ0) is 29.2. The Kier molecular flexibility index (Phi) is 4.32. The molecule has 0 spiro atoms. The molecule has 0 fully saturated rings. The third-order valence-corrected chi connectivity index (χ3v) is 9.92. The molecule has 0 aliphatic carbocycles. The summed E-state index contributed by atoms with van der Waals surface area (Å²) in [7, 11) is 0. The second kappa shape index (κ2) is 8.31. The van der Waals surface area contributed by atoms with Crippen LogP contribution in [0.15, 0.2) is 152 Å². The number of rotatable bonds is 2. The van der Waals surface area contributed by atoms with Crippen LogP contribution in [0.25, 0.3) is 93.1 Å². The molecule has 3 heteroatoms. The van der Waals surface area contributed by atoms with Gasteiger partial charge in [0.15, 0.2) is 0 Å². The predicted molar refractivity (Wildman–Crippen MR) is 190 cm³/mol. The van der Waals surface area contributed by atoms with Crippen molar-refractivity contribution in [3.8, 4) is 11.4 Å². The van der Waals surface area contributed by atoms with Crippen LogP contribution in [0, 0.1) is 0 Å². The van der Waals surface area contributed by atoms with E-state index in [0.29, 0.717) is 0 Å². The standard InChI is InChI=1S/C42H25N3/c1-3-13-26(14-4-1)43-35-20-10-7-17-28(35)31-23-34-39(25-38(31)43)45-37-22-12-9-19-30(37)33-24-32-29-18-8-11-21-36(29)44(27-15-5-2-6-16-27)41(32)40(34)42(33)45/h1-25H. The highest BCUT2D eigenvalue weighted by Crippen LogP contribution is 2.48. The molecule has 0 atom stereocenters. The van der Waals surface area contributed by atoms with E-state index < -0.39 is 0 Å². The van der Waals surface area contributed by atoms with E-state index in [4.69, 9.17) is 0 Å². The molecule has 0 aliphatic rings. The molecular formula is C42H25N3. The van der Waals surface area contributed by atoms with Gasteiger partial charge >= 0.3 is 0 Å². The van der Waals surface area contributed by atoms with Crippen LogP contribution in [0.4, 0.5) is 0 Å². The van der Waals surface area contributed by atoms with Gasteiger partial charge < -0.3 is 13.5 Å². The van der Waals surface area contributed by atoms with E-state index in [0.717, 1.165) is 0 Å². The fourth-order valence-electron chi connectivity index (χ4n) is 8.17. The minimum atomic E-state index is 1.17. The van der Waals surface area contributed by atoms with Gasteiger partial charge in [-0.1, -0.05) is 91.0 Å². The molecule has 11 aromatic rings. The van der Waals surface area contributed by atoms with Crippen molar-refractivity contribution in [1.82, 2.24) is 13.5 Å². The van der Waals surface area contributed by atoms with E-state index in [2.05, 4.69) is 165 Å². The van der Waals surface area contributed by atoms with Gasteiger partial charge in [0.2, 0.25) is 0 Å². The molecule has 0 radical (unpaired) electrons. The maximum absolute atomic E-state index is 2.52. The highest BCUT2D eigenvalue weighted by molar-refractivity contribution is 6.35. The van der Waals surface area contributed by atoms with Crippen LogP contribution < -0.4 is 0 Å². The largest absolute Gasteiger partial charge is 0.309 e. The Morgan fingerprint density at radius 1 is 0.289 bits per heavy atom. The second-order valence-corrected chi connectivity index (χ2v) is 12.2. The maximum atomic E-state index is 2.52. The number of nitrogens with zero attached hydrogens (tertiary/aromatic N) is 3. The van der Waals surface area contributed by atoms with Crippen molar-refractivity contribution >= 4 is 81.7 Å².